The number of alkyl carbamates (subject to hydrolysis) is 1. The lowest BCUT2D eigenvalue weighted by molar-refractivity contribution is -0.145. The first-order chi connectivity index (χ1) is 22.3. The van der Waals surface area contributed by atoms with Crippen LogP contribution >= 0.6 is 0 Å². The Bertz CT molecular complexity index is 1210. The maximum atomic E-state index is 13.3. The number of amides is 3. The lowest BCUT2D eigenvalue weighted by Gasteiger charge is -2.23. The fourth-order valence-electron chi connectivity index (χ4n) is 4.71. The van der Waals surface area contributed by atoms with Gasteiger partial charge >= 0.3 is 12.1 Å². The molecule has 0 heterocycles. The molecular weight excluding hydrogens is 586 g/mol. The number of rotatable bonds is 23. The first-order valence-corrected chi connectivity index (χ1v) is 15.9. The zero-order valence-electron chi connectivity index (χ0n) is 26.7. The second-order valence-corrected chi connectivity index (χ2v) is 11.1. The van der Waals surface area contributed by atoms with Crippen LogP contribution in [-0.2, 0) is 36.9 Å². The molecular formula is C36H49N3O7. The number of carbonyl (C=O) groups excluding carboxylic acids is 4. The second-order valence-electron chi connectivity index (χ2n) is 11.1. The number of unbranched alkanes of at least 4 members (excludes halogenated alkanes) is 2. The SMILES string of the molecule is C=CCCCC(=O)OC[C@H](CCCCNC(=O)OCc1ccccc1)NC(=O)[C@@H](CC=C)CC(=O)N[C@@H](CO)Cc1ccccc1. The second kappa shape index (κ2) is 23.0. The summed E-state index contributed by atoms with van der Waals surface area (Å²) in [6.45, 7) is 7.70. The van der Waals surface area contributed by atoms with Crippen LogP contribution in [0.4, 0.5) is 4.79 Å². The Morgan fingerprint density at radius 3 is 2.17 bits per heavy atom. The minimum absolute atomic E-state index is 0.0120. The number of aliphatic hydroxyl groups is 1. The molecule has 250 valence electrons. The summed E-state index contributed by atoms with van der Waals surface area (Å²) in [5, 5.41) is 18.3. The van der Waals surface area contributed by atoms with E-state index in [0.717, 1.165) is 11.1 Å². The Morgan fingerprint density at radius 1 is 0.826 bits per heavy atom. The van der Waals surface area contributed by atoms with Gasteiger partial charge in [0.15, 0.2) is 0 Å². The molecule has 0 aromatic heterocycles. The highest BCUT2D eigenvalue weighted by molar-refractivity contribution is 5.86. The van der Waals surface area contributed by atoms with Crippen LogP contribution in [-0.4, -0.2) is 60.8 Å². The maximum Gasteiger partial charge on any atom is 0.407 e. The minimum Gasteiger partial charge on any atom is -0.463 e. The molecule has 2 aromatic carbocycles. The smallest absolute Gasteiger partial charge is 0.407 e. The number of esters is 1. The molecule has 2 aromatic rings. The topological polar surface area (TPSA) is 143 Å². The molecule has 0 unspecified atom stereocenters. The van der Waals surface area contributed by atoms with E-state index in [1.54, 1.807) is 12.2 Å². The third-order valence-electron chi connectivity index (χ3n) is 7.21. The number of nitrogens with one attached hydrogen (secondary N) is 3. The van der Waals surface area contributed by atoms with Crippen LogP contribution in [0, 0.1) is 5.92 Å². The standard InChI is InChI=1S/C36H49N3O7/c1-3-5-8-21-34(42)45-27-31(20-13-14-22-37-36(44)46-26-29-18-11-7-12-19-29)39-35(43)30(15-4-2)24-33(41)38-32(25-40)23-28-16-9-6-10-17-28/h3-4,6-7,9-12,16-19,30-32,40H,1-2,5,8,13-15,20-27H2,(H,37,44)(H,38,41)(H,39,43)/t30-,31-,32+/m0/s1. The Labute approximate surface area is 272 Å². The highest BCUT2D eigenvalue weighted by atomic mass is 16.5. The summed E-state index contributed by atoms with van der Waals surface area (Å²) in [5.74, 6) is -1.76. The van der Waals surface area contributed by atoms with E-state index < -0.39 is 24.1 Å². The fraction of sp³-hybridized carbons (Fsp3) is 0.444. The monoisotopic (exact) mass is 635 g/mol. The van der Waals surface area contributed by atoms with Crippen molar-refractivity contribution in [2.75, 3.05) is 19.8 Å². The third-order valence-corrected chi connectivity index (χ3v) is 7.21. The van der Waals surface area contributed by atoms with Gasteiger partial charge in [-0.05, 0) is 56.1 Å². The van der Waals surface area contributed by atoms with Crippen molar-refractivity contribution in [2.45, 2.75) is 76.5 Å². The van der Waals surface area contributed by atoms with Crippen LogP contribution in [0.15, 0.2) is 86.0 Å². The molecule has 3 amide bonds. The molecule has 46 heavy (non-hydrogen) atoms. The Balaban J connectivity index is 1.89. The molecule has 0 aliphatic rings. The van der Waals surface area contributed by atoms with Gasteiger partial charge < -0.3 is 30.5 Å². The maximum absolute atomic E-state index is 13.3. The fourth-order valence-corrected chi connectivity index (χ4v) is 4.71. The van der Waals surface area contributed by atoms with Crippen LogP contribution in [0.2, 0.25) is 0 Å². The van der Waals surface area contributed by atoms with Gasteiger partial charge in [0.1, 0.15) is 13.2 Å². The highest BCUT2D eigenvalue weighted by Gasteiger charge is 2.25. The molecule has 0 radical (unpaired) electrons. The van der Waals surface area contributed by atoms with Gasteiger partial charge in [-0.15, -0.1) is 13.2 Å². The summed E-state index contributed by atoms with van der Waals surface area (Å²) < 4.78 is 10.7. The molecule has 4 N–H and O–H groups in total. The lowest BCUT2D eigenvalue weighted by atomic mass is 9.98. The van der Waals surface area contributed by atoms with Crippen molar-refractivity contribution in [3.05, 3.63) is 97.1 Å². The van der Waals surface area contributed by atoms with Crippen LogP contribution < -0.4 is 16.0 Å². The number of benzene rings is 2. The van der Waals surface area contributed by atoms with E-state index in [1.165, 1.54) is 0 Å². The van der Waals surface area contributed by atoms with E-state index in [1.807, 2.05) is 60.7 Å². The van der Waals surface area contributed by atoms with E-state index in [9.17, 15) is 24.3 Å². The normalized spacial score (nSPS) is 12.5. The summed E-state index contributed by atoms with van der Waals surface area (Å²) in [6.07, 6.45) is 6.75. The quantitative estimate of drug-likeness (QED) is 0.0783. The van der Waals surface area contributed by atoms with Crippen molar-refractivity contribution >= 4 is 23.9 Å². The average Bonchev–Trinajstić information content (AvgIpc) is 3.06. The van der Waals surface area contributed by atoms with E-state index in [2.05, 4.69) is 29.1 Å². The van der Waals surface area contributed by atoms with E-state index >= 15 is 0 Å². The third kappa shape index (κ3) is 16.6. The number of hydrogen-bond acceptors (Lipinski definition) is 7. The number of ether oxygens (including phenoxy) is 2. The predicted octanol–water partition coefficient (Wildman–Crippen LogP) is 4.77. The van der Waals surface area contributed by atoms with Gasteiger partial charge in [-0.3, -0.25) is 14.4 Å². The Kier molecular flexibility index (Phi) is 18.9. The van der Waals surface area contributed by atoms with Crippen LogP contribution in [0.5, 0.6) is 0 Å². The minimum atomic E-state index is -0.694. The summed E-state index contributed by atoms with van der Waals surface area (Å²) in [6, 6.07) is 17.9. The highest BCUT2D eigenvalue weighted by Crippen LogP contribution is 2.13. The van der Waals surface area contributed by atoms with Crippen molar-refractivity contribution in [1.82, 2.24) is 16.0 Å². The molecule has 0 spiro atoms. The van der Waals surface area contributed by atoms with Gasteiger partial charge in [-0.1, -0.05) is 72.8 Å². The number of hydrogen-bond donors (Lipinski definition) is 4. The van der Waals surface area contributed by atoms with Crippen molar-refractivity contribution in [2.24, 2.45) is 5.92 Å². The summed E-state index contributed by atoms with van der Waals surface area (Å²) in [5.41, 5.74) is 1.87. The summed E-state index contributed by atoms with van der Waals surface area (Å²) in [4.78, 5) is 50.5. The molecule has 10 nitrogen and oxygen atoms in total. The molecule has 0 saturated heterocycles. The van der Waals surface area contributed by atoms with Gasteiger partial charge in [0, 0.05) is 19.4 Å². The molecule has 0 aliphatic carbocycles. The van der Waals surface area contributed by atoms with E-state index in [0.29, 0.717) is 45.1 Å². The van der Waals surface area contributed by atoms with Crippen LogP contribution in [0.25, 0.3) is 0 Å². The molecule has 0 saturated carbocycles. The molecule has 2 rings (SSSR count). The summed E-state index contributed by atoms with van der Waals surface area (Å²) >= 11 is 0. The van der Waals surface area contributed by atoms with Crippen molar-refractivity contribution in [1.29, 1.82) is 0 Å². The average molecular weight is 636 g/mol. The Hall–Kier alpha value is -4.44. The lowest BCUT2D eigenvalue weighted by Crippen LogP contribution is -2.45. The number of aliphatic hydroxyl groups excluding tert-OH is 1. The van der Waals surface area contributed by atoms with Gasteiger partial charge in [0.25, 0.3) is 0 Å². The van der Waals surface area contributed by atoms with Gasteiger partial charge in [-0.2, -0.15) is 0 Å². The molecule has 0 bridgehead atoms. The van der Waals surface area contributed by atoms with Gasteiger partial charge in [0.2, 0.25) is 11.8 Å². The number of carbonyl (C=O) groups is 4. The van der Waals surface area contributed by atoms with Crippen LogP contribution in [0.1, 0.15) is 62.5 Å². The summed E-state index contributed by atoms with van der Waals surface area (Å²) in [7, 11) is 0. The van der Waals surface area contributed by atoms with Gasteiger partial charge in [0.05, 0.1) is 24.6 Å². The number of allylic oxidation sites excluding steroid dienone is 2. The first-order valence-electron chi connectivity index (χ1n) is 15.9. The van der Waals surface area contributed by atoms with E-state index in [-0.39, 0.29) is 56.9 Å². The molecule has 0 aliphatic heterocycles. The van der Waals surface area contributed by atoms with Crippen molar-refractivity contribution in [3.63, 3.8) is 0 Å². The molecule has 0 fully saturated rings. The predicted molar refractivity (Wildman–Crippen MR) is 178 cm³/mol. The van der Waals surface area contributed by atoms with Crippen molar-refractivity contribution < 1.29 is 33.8 Å². The molecule has 3 atom stereocenters. The van der Waals surface area contributed by atoms with Crippen LogP contribution in [0.3, 0.4) is 0 Å². The first kappa shape index (κ1) is 37.7. The van der Waals surface area contributed by atoms with Gasteiger partial charge in [-0.25, -0.2) is 4.79 Å². The largest absolute Gasteiger partial charge is 0.463 e. The zero-order chi connectivity index (χ0) is 33.4. The Morgan fingerprint density at radius 2 is 1.52 bits per heavy atom. The van der Waals surface area contributed by atoms with Crippen molar-refractivity contribution in [3.8, 4) is 0 Å². The molecule has 10 heteroatoms. The zero-order valence-corrected chi connectivity index (χ0v) is 26.7. The van der Waals surface area contributed by atoms with E-state index in [4.69, 9.17) is 9.47 Å².